The van der Waals surface area contributed by atoms with Gasteiger partial charge in [0.25, 0.3) is 0 Å². The van der Waals surface area contributed by atoms with E-state index in [1.54, 1.807) is 11.3 Å². The van der Waals surface area contributed by atoms with Gasteiger partial charge in [-0.05, 0) is 25.7 Å². The highest BCUT2D eigenvalue weighted by atomic mass is 32.2. The molecule has 2 aliphatic heterocycles. The molecule has 0 spiro atoms. The molecule has 27 heavy (non-hydrogen) atoms. The molecular weight excluding hydrogens is 376 g/mol. The van der Waals surface area contributed by atoms with E-state index in [1.165, 1.54) is 42.5 Å². The number of amidine groups is 1. The normalized spacial score (nSPS) is 25.1. The third-order valence-corrected chi connectivity index (χ3v) is 7.62. The molecule has 8 heteroatoms. The highest BCUT2D eigenvalue weighted by Gasteiger charge is 2.37. The molecule has 4 heterocycles. The second-order valence-corrected chi connectivity index (χ2v) is 9.82. The molecule has 1 atom stereocenters. The molecule has 2 aromatic heterocycles. The van der Waals surface area contributed by atoms with Crippen LogP contribution in [0.3, 0.4) is 0 Å². The van der Waals surface area contributed by atoms with Gasteiger partial charge in [-0.1, -0.05) is 11.9 Å². The molecule has 1 unspecified atom stereocenters. The van der Waals surface area contributed by atoms with Gasteiger partial charge in [-0.3, -0.25) is 14.4 Å². The predicted molar refractivity (Wildman–Crippen MR) is 110 cm³/mol. The summed E-state index contributed by atoms with van der Waals surface area (Å²) in [5, 5.41) is 8.48. The van der Waals surface area contributed by atoms with Crippen LogP contribution in [0.4, 0.5) is 0 Å². The van der Waals surface area contributed by atoms with E-state index in [4.69, 9.17) is 4.99 Å². The average Bonchev–Trinajstić information content (AvgIpc) is 3.54. The Labute approximate surface area is 166 Å². The van der Waals surface area contributed by atoms with Crippen molar-refractivity contribution in [1.82, 2.24) is 24.4 Å². The van der Waals surface area contributed by atoms with E-state index in [2.05, 4.69) is 30.6 Å². The Morgan fingerprint density at radius 1 is 1.22 bits per heavy atom. The topological polar surface area (TPSA) is 58.3 Å². The zero-order valence-corrected chi connectivity index (χ0v) is 16.7. The molecule has 2 aliphatic carbocycles. The first-order valence-electron chi connectivity index (χ1n) is 9.75. The summed E-state index contributed by atoms with van der Waals surface area (Å²) in [6.07, 6.45) is 12.4. The van der Waals surface area contributed by atoms with Crippen LogP contribution in [0.1, 0.15) is 48.7 Å². The van der Waals surface area contributed by atoms with Crippen molar-refractivity contribution >= 4 is 34.7 Å². The lowest BCUT2D eigenvalue weighted by atomic mass is 10.0. The second kappa shape index (κ2) is 6.46. The summed E-state index contributed by atoms with van der Waals surface area (Å²) in [4.78, 5) is 11.9. The number of aromatic nitrogens is 3. The van der Waals surface area contributed by atoms with E-state index in [-0.39, 0.29) is 0 Å². The van der Waals surface area contributed by atoms with E-state index in [0.717, 1.165) is 35.6 Å². The van der Waals surface area contributed by atoms with E-state index in [0.29, 0.717) is 12.1 Å². The molecule has 2 aromatic rings. The summed E-state index contributed by atoms with van der Waals surface area (Å²) in [5.74, 6) is 1.04. The fourth-order valence-electron chi connectivity index (χ4n) is 3.83. The van der Waals surface area contributed by atoms with Gasteiger partial charge in [-0.25, -0.2) is 4.98 Å². The lowest BCUT2D eigenvalue weighted by molar-refractivity contribution is 0.545. The van der Waals surface area contributed by atoms with Crippen LogP contribution >= 0.6 is 23.3 Å². The minimum atomic E-state index is 0.460. The van der Waals surface area contributed by atoms with Gasteiger partial charge in [0.05, 0.1) is 18.8 Å². The van der Waals surface area contributed by atoms with E-state index in [9.17, 15) is 0 Å². The van der Waals surface area contributed by atoms with Crippen molar-refractivity contribution in [1.29, 1.82) is 0 Å². The molecule has 2 saturated carbocycles. The number of nitrogens with one attached hydrogen (secondary N) is 1. The van der Waals surface area contributed by atoms with Gasteiger partial charge >= 0.3 is 0 Å². The van der Waals surface area contributed by atoms with Crippen LogP contribution in [0.25, 0.3) is 5.57 Å². The van der Waals surface area contributed by atoms with Gasteiger partial charge < -0.3 is 4.90 Å². The fraction of sp³-hybridized carbons (Fsp3) is 0.526. The lowest BCUT2D eigenvalue weighted by Gasteiger charge is -2.27. The third-order valence-electron chi connectivity index (χ3n) is 5.58. The maximum Gasteiger partial charge on any atom is 0.165 e. The maximum atomic E-state index is 4.95. The summed E-state index contributed by atoms with van der Waals surface area (Å²) in [5.41, 5.74) is 3.97. The highest BCUT2D eigenvalue weighted by Crippen LogP contribution is 2.39. The number of fused-ring (bicyclic) bond motifs is 1. The van der Waals surface area contributed by atoms with E-state index in [1.807, 2.05) is 29.7 Å². The number of hydrogen-bond donors (Lipinski definition) is 1. The van der Waals surface area contributed by atoms with Crippen molar-refractivity contribution in [3.63, 3.8) is 0 Å². The Morgan fingerprint density at radius 3 is 2.93 bits per heavy atom. The zero-order valence-electron chi connectivity index (χ0n) is 15.0. The molecule has 3 fully saturated rings. The largest absolute Gasteiger partial charge is 0.326 e. The molecule has 140 valence electrons. The molecular formula is C19H22N6S2. The molecule has 6 rings (SSSR count). The minimum absolute atomic E-state index is 0.460. The number of nitrogens with zero attached hydrogens (tertiary/aromatic N) is 5. The van der Waals surface area contributed by atoms with Crippen LogP contribution < -0.4 is 4.72 Å². The van der Waals surface area contributed by atoms with Crippen LogP contribution in [0, 0.1) is 0 Å². The molecule has 1 saturated heterocycles. The van der Waals surface area contributed by atoms with Gasteiger partial charge in [-0.15, -0.1) is 11.3 Å². The Morgan fingerprint density at radius 2 is 2.15 bits per heavy atom. The monoisotopic (exact) mass is 398 g/mol. The average molecular weight is 399 g/mol. The number of thiazole rings is 1. The van der Waals surface area contributed by atoms with Gasteiger partial charge in [0.1, 0.15) is 0 Å². The summed E-state index contributed by atoms with van der Waals surface area (Å²) < 4.78 is 5.86. The highest BCUT2D eigenvalue weighted by molar-refractivity contribution is 7.98. The van der Waals surface area contributed by atoms with Gasteiger partial charge in [0.15, 0.2) is 10.8 Å². The first-order valence-corrected chi connectivity index (χ1v) is 11.5. The standard InChI is InChI=1S/C19H22N6S2/c1-2-14(1)25-10-12(8-22-25)16-9-21-18(19-20-5-6-26-19)24-11-13(7-17(16)24)23-27-15-3-4-15/h5-6,8,10,13-15,23H,1-4,7,9,11H2. The molecule has 0 aromatic carbocycles. The van der Waals surface area contributed by atoms with Crippen LogP contribution in [0.5, 0.6) is 0 Å². The maximum absolute atomic E-state index is 4.95. The van der Waals surface area contributed by atoms with Crippen molar-refractivity contribution in [3.8, 4) is 0 Å². The molecule has 0 amide bonds. The quantitative estimate of drug-likeness (QED) is 0.757. The molecule has 0 radical (unpaired) electrons. The van der Waals surface area contributed by atoms with Gasteiger partial charge in [0, 0.05) is 58.9 Å². The summed E-state index contributed by atoms with van der Waals surface area (Å²) >= 11 is 3.60. The van der Waals surface area contributed by atoms with Crippen molar-refractivity contribution < 1.29 is 0 Å². The Hall–Kier alpha value is -1.64. The van der Waals surface area contributed by atoms with Crippen molar-refractivity contribution in [3.05, 3.63) is 40.2 Å². The van der Waals surface area contributed by atoms with E-state index < -0.39 is 0 Å². The van der Waals surface area contributed by atoms with Gasteiger partial charge in [0.2, 0.25) is 0 Å². The third kappa shape index (κ3) is 3.13. The van der Waals surface area contributed by atoms with Crippen LogP contribution in [0.15, 0.2) is 34.7 Å². The fourth-order valence-corrected chi connectivity index (χ4v) is 5.40. The van der Waals surface area contributed by atoms with E-state index >= 15 is 0 Å². The first-order chi connectivity index (χ1) is 13.3. The molecule has 1 N–H and O–H groups in total. The van der Waals surface area contributed by atoms with Crippen molar-refractivity contribution in [2.75, 3.05) is 13.1 Å². The number of aliphatic imine (C=N–C) groups is 1. The Balaban J connectivity index is 1.32. The zero-order chi connectivity index (χ0) is 17.8. The van der Waals surface area contributed by atoms with Gasteiger partial charge in [-0.2, -0.15) is 5.10 Å². The van der Waals surface area contributed by atoms with Crippen LogP contribution in [0.2, 0.25) is 0 Å². The predicted octanol–water partition coefficient (Wildman–Crippen LogP) is 3.32. The lowest BCUT2D eigenvalue weighted by Crippen LogP contribution is -2.35. The molecule has 4 aliphatic rings. The second-order valence-electron chi connectivity index (χ2n) is 7.79. The van der Waals surface area contributed by atoms with Crippen molar-refractivity contribution in [2.24, 2.45) is 4.99 Å². The Kier molecular flexibility index (Phi) is 3.91. The minimum Gasteiger partial charge on any atom is -0.326 e. The number of rotatable bonds is 6. The molecule has 6 nitrogen and oxygen atoms in total. The summed E-state index contributed by atoms with van der Waals surface area (Å²) in [6.45, 7) is 1.69. The van der Waals surface area contributed by atoms with Crippen LogP contribution in [-0.2, 0) is 0 Å². The van der Waals surface area contributed by atoms with Crippen molar-refractivity contribution in [2.45, 2.75) is 49.4 Å². The smallest absolute Gasteiger partial charge is 0.165 e. The van der Waals surface area contributed by atoms with Crippen LogP contribution in [-0.4, -0.2) is 49.9 Å². The summed E-state index contributed by atoms with van der Waals surface area (Å²) in [7, 11) is 0. The molecule has 0 bridgehead atoms. The number of hydrogen-bond acceptors (Lipinski definition) is 7. The Bertz CT molecular complexity index is 907. The SMILES string of the molecule is c1csc(C2=NCC(c3cnn(C4CC4)c3)=C3CC(NSC4CC4)CN23)n1. The first kappa shape index (κ1) is 16.3. The summed E-state index contributed by atoms with van der Waals surface area (Å²) in [6, 6.07) is 1.08.